The number of ether oxygens (including phenoxy) is 1. The molecular formula is C10H17N3O6S. The van der Waals surface area contributed by atoms with Crippen LogP contribution in [0, 0.1) is 0 Å². The van der Waals surface area contributed by atoms with Gasteiger partial charge in [-0.15, -0.1) is 0 Å². The summed E-state index contributed by atoms with van der Waals surface area (Å²) in [7, 11) is -1.10. The zero-order chi connectivity index (χ0) is 15.1. The maximum absolute atomic E-state index is 12.1. The fraction of sp³-hybridized carbons (Fsp3) is 0.700. The van der Waals surface area contributed by atoms with Crippen molar-refractivity contribution in [3.63, 3.8) is 0 Å². The molecule has 0 unspecified atom stereocenters. The number of hydrogen-bond donors (Lipinski definition) is 3. The first-order valence-corrected chi connectivity index (χ1v) is 7.29. The van der Waals surface area contributed by atoms with Crippen LogP contribution >= 0.6 is 0 Å². The molecular weight excluding hydrogens is 290 g/mol. The van der Waals surface area contributed by atoms with E-state index < -0.39 is 41.2 Å². The predicted molar refractivity (Wildman–Crippen MR) is 66.9 cm³/mol. The molecule has 0 saturated carbocycles. The molecule has 114 valence electrons. The van der Waals surface area contributed by atoms with Gasteiger partial charge in [-0.1, -0.05) is 0 Å². The molecule has 2 heterocycles. The molecule has 1 aromatic rings. The standard InChI is InChI=1S/C10H17N3O6S/c1-12(2)20(17,18)13-4-3-11-10(13)9-8(16)7(15)6(5-14)19-9/h3-4,6-9,14-16H,5H2,1-2H3/t6-,7-,8-,9-/m1/s1. The van der Waals surface area contributed by atoms with Gasteiger partial charge in [-0.25, -0.2) is 8.96 Å². The van der Waals surface area contributed by atoms with Gasteiger partial charge in [0, 0.05) is 26.5 Å². The van der Waals surface area contributed by atoms with Crippen molar-refractivity contribution in [2.24, 2.45) is 0 Å². The Hall–Kier alpha value is -1.04. The SMILES string of the molecule is CN(C)S(=O)(=O)n1ccnc1[C@@H]1O[C@H](CO)[C@@H](O)[C@H]1O. The Bertz CT molecular complexity index is 571. The van der Waals surface area contributed by atoms with Crippen LogP contribution in [0.15, 0.2) is 12.4 Å². The van der Waals surface area contributed by atoms with E-state index in [9.17, 15) is 18.6 Å². The van der Waals surface area contributed by atoms with Crippen LogP contribution in [0.5, 0.6) is 0 Å². The Morgan fingerprint density at radius 3 is 2.55 bits per heavy atom. The second-order valence-corrected chi connectivity index (χ2v) is 6.65. The lowest BCUT2D eigenvalue weighted by Gasteiger charge is -2.18. The zero-order valence-electron chi connectivity index (χ0n) is 11.0. The van der Waals surface area contributed by atoms with Crippen LogP contribution in [0.2, 0.25) is 0 Å². The summed E-state index contributed by atoms with van der Waals surface area (Å²) in [5, 5.41) is 28.6. The highest BCUT2D eigenvalue weighted by atomic mass is 32.2. The van der Waals surface area contributed by atoms with Crippen molar-refractivity contribution in [3.8, 4) is 0 Å². The largest absolute Gasteiger partial charge is 0.394 e. The molecule has 3 N–H and O–H groups in total. The van der Waals surface area contributed by atoms with E-state index in [0.717, 1.165) is 8.28 Å². The highest BCUT2D eigenvalue weighted by molar-refractivity contribution is 7.87. The maximum atomic E-state index is 12.1. The van der Waals surface area contributed by atoms with Crippen molar-refractivity contribution in [2.45, 2.75) is 24.4 Å². The molecule has 4 atom stereocenters. The third-order valence-electron chi connectivity index (χ3n) is 3.14. The van der Waals surface area contributed by atoms with E-state index in [2.05, 4.69) is 4.98 Å². The fourth-order valence-electron chi connectivity index (χ4n) is 1.99. The second-order valence-electron chi connectivity index (χ2n) is 4.63. The van der Waals surface area contributed by atoms with Crippen molar-refractivity contribution in [1.82, 2.24) is 13.3 Å². The minimum absolute atomic E-state index is 0.0544. The van der Waals surface area contributed by atoms with Gasteiger partial charge in [0.1, 0.15) is 24.4 Å². The lowest BCUT2D eigenvalue weighted by Crippen LogP contribution is -2.34. The third-order valence-corrected chi connectivity index (χ3v) is 4.87. The fourth-order valence-corrected chi connectivity index (χ4v) is 2.93. The number of aromatic nitrogens is 2. The maximum Gasteiger partial charge on any atom is 0.308 e. The van der Waals surface area contributed by atoms with E-state index >= 15 is 0 Å². The number of aliphatic hydroxyl groups is 3. The van der Waals surface area contributed by atoms with Gasteiger partial charge in [0.15, 0.2) is 5.82 Å². The molecule has 0 amide bonds. The topological polar surface area (TPSA) is 125 Å². The lowest BCUT2D eigenvalue weighted by molar-refractivity contribution is -0.0254. The van der Waals surface area contributed by atoms with Gasteiger partial charge in [-0.2, -0.15) is 12.7 Å². The normalized spacial score (nSPS) is 31.1. The van der Waals surface area contributed by atoms with Crippen LogP contribution in [0.3, 0.4) is 0 Å². The molecule has 1 aliphatic heterocycles. The molecule has 1 aliphatic rings. The van der Waals surface area contributed by atoms with Gasteiger partial charge in [-0.05, 0) is 0 Å². The highest BCUT2D eigenvalue weighted by Crippen LogP contribution is 2.33. The van der Waals surface area contributed by atoms with Crippen LogP contribution < -0.4 is 0 Å². The minimum atomic E-state index is -3.81. The van der Waals surface area contributed by atoms with Crippen LogP contribution in [0.1, 0.15) is 11.9 Å². The summed E-state index contributed by atoms with van der Waals surface area (Å²) in [6.45, 7) is -0.490. The molecule has 20 heavy (non-hydrogen) atoms. The Balaban J connectivity index is 2.39. The molecule has 1 fully saturated rings. The summed E-state index contributed by atoms with van der Waals surface area (Å²) < 4.78 is 31.4. The van der Waals surface area contributed by atoms with Crippen LogP contribution in [0.25, 0.3) is 0 Å². The average molecular weight is 307 g/mol. The first-order chi connectivity index (χ1) is 9.30. The summed E-state index contributed by atoms with van der Waals surface area (Å²) in [6, 6.07) is 0. The second kappa shape index (κ2) is 5.39. The Morgan fingerprint density at radius 1 is 1.40 bits per heavy atom. The van der Waals surface area contributed by atoms with Crippen molar-refractivity contribution in [1.29, 1.82) is 0 Å². The van der Waals surface area contributed by atoms with E-state index in [1.54, 1.807) is 0 Å². The zero-order valence-corrected chi connectivity index (χ0v) is 11.8. The number of rotatable bonds is 4. The smallest absolute Gasteiger partial charge is 0.308 e. The van der Waals surface area contributed by atoms with Gasteiger partial charge >= 0.3 is 10.2 Å². The first kappa shape index (κ1) is 15.4. The number of hydrogen-bond acceptors (Lipinski definition) is 7. The molecule has 0 aromatic carbocycles. The Labute approximate surface area is 116 Å². The van der Waals surface area contributed by atoms with Gasteiger partial charge in [0.2, 0.25) is 0 Å². The Morgan fingerprint density at radius 2 is 2.05 bits per heavy atom. The lowest BCUT2D eigenvalue weighted by atomic mass is 10.1. The molecule has 0 bridgehead atoms. The van der Waals surface area contributed by atoms with Crippen molar-refractivity contribution in [3.05, 3.63) is 18.2 Å². The summed E-state index contributed by atoms with van der Waals surface area (Å²) in [5.74, 6) is -0.0544. The van der Waals surface area contributed by atoms with Gasteiger partial charge in [-0.3, -0.25) is 0 Å². The summed E-state index contributed by atoms with van der Waals surface area (Å²) in [6.07, 6.45) is -2.32. The molecule has 1 aromatic heterocycles. The summed E-state index contributed by atoms with van der Waals surface area (Å²) >= 11 is 0. The van der Waals surface area contributed by atoms with Gasteiger partial charge < -0.3 is 20.1 Å². The monoisotopic (exact) mass is 307 g/mol. The first-order valence-electron chi connectivity index (χ1n) is 5.89. The van der Waals surface area contributed by atoms with Crippen LogP contribution in [0.4, 0.5) is 0 Å². The molecule has 1 saturated heterocycles. The summed E-state index contributed by atoms with van der Waals surface area (Å²) in [5.41, 5.74) is 0. The molecule has 0 aliphatic carbocycles. The Kier molecular flexibility index (Phi) is 4.14. The van der Waals surface area contributed by atoms with Crippen molar-refractivity contribution in [2.75, 3.05) is 20.7 Å². The number of imidazole rings is 1. The van der Waals surface area contributed by atoms with Crippen molar-refractivity contribution >= 4 is 10.2 Å². The van der Waals surface area contributed by atoms with Crippen molar-refractivity contribution < 1.29 is 28.5 Å². The van der Waals surface area contributed by atoms with E-state index in [-0.39, 0.29) is 5.82 Å². The van der Waals surface area contributed by atoms with E-state index in [1.165, 1.54) is 26.5 Å². The van der Waals surface area contributed by atoms with Gasteiger partial charge in [0.25, 0.3) is 0 Å². The molecule has 9 nitrogen and oxygen atoms in total. The minimum Gasteiger partial charge on any atom is -0.394 e. The number of nitrogens with zero attached hydrogens (tertiary/aromatic N) is 3. The van der Waals surface area contributed by atoms with E-state index in [0.29, 0.717) is 0 Å². The van der Waals surface area contributed by atoms with Gasteiger partial charge in [0.05, 0.1) is 6.61 Å². The number of aliphatic hydroxyl groups excluding tert-OH is 3. The quantitative estimate of drug-likeness (QED) is 0.571. The van der Waals surface area contributed by atoms with Crippen LogP contribution in [-0.2, 0) is 14.9 Å². The third kappa shape index (κ3) is 2.34. The molecule has 0 radical (unpaired) electrons. The van der Waals surface area contributed by atoms with E-state index in [4.69, 9.17) is 9.84 Å². The summed E-state index contributed by atoms with van der Waals surface area (Å²) in [4.78, 5) is 3.88. The van der Waals surface area contributed by atoms with E-state index in [1.807, 2.05) is 0 Å². The molecule has 10 heteroatoms. The predicted octanol–water partition coefficient (Wildman–Crippen LogP) is -2.31. The molecule has 2 rings (SSSR count). The highest BCUT2D eigenvalue weighted by Gasteiger charge is 2.45. The van der Waals surface area contributed by atoms with Crippen LogP contribution in [-0.4, -0.2) is 76.0 Å². The molecule has 0 spiro atoms. The average Bonchev–Trinajstić information content (AvgIpc) is 2.96.